The van der Waals surface area contributed by atoms with E-state index in [1.165, 1.54) is 11.1 Å². The predicted octanol–water partition coefficient (Wildman–Crippen LogP) is 4.08. The standard InChI is InChI=1S/C24H28N6O2/c25-22-21(30(31)32)23(28-24(27-22)26-14-11-18-7-3-1-4-8-18)29-15-12-20(13-16-29)17-19-9-5-2-6-10-19/h1-10,20H,11-17H2,(H3,25,26,27,28). The quantitative estimate of drug-likeness (QED) is 0.408. The lowest BCUT2D eigenvalue weighted by Crippen LogP contribution is -2.35. The maximum atomic E-state index is 11.7. The van der Waals surface area contributed by atoms with Crippen molar-refractivity contribution in [2.24, 2.45) is 5.92 Å². The first kappa shape index (κ1) is 21.5. The van der Waals surface area contributed by atoms with Crippen LogP contribution in [0.4, 0.5) is 23.3 Å². The number of nitrogens with one attached hydrogen (secondary N) is 1. The number of piperidine rings is 1. The number of anilines is 3. The maximum absolute atomic E-state index is 11.7. The van der Waals surface area contributed by atoms with Gasteiger partial charge in [-0.25, -0.2) is 0 Å². The Labute approximate surface area is 187 Å². The van der Waals surface area contributed by atoms with Gasteiger partial charge in [0.2, 0.25) is 17.6 Å². The van der Waals surface area contributed by atoms with Crippen LogP contribution in [0.5, 0.6) is 0 Å². The SMILES string of the molecule is Nc1nc(NCCc2ccccc2)nc(N2CCC(Cc3ccccc3)CC2)c1[N+](=O)[O-]. The third-order valence-electron chi connectivity index (χ3n) is 5.90. The minimum Gasteiger partial charge on any atom is -0.378 e. The molecule has 0 saturated carbocycles. The Bertz CT molecular complexity index is 1040. The van der Waals surface area contributed by atoms with Gasteiger partial charge in [-0.2, -0.15) is 9.97 Å². The molecule has 0 unspecified atom stereocenters. The third kappa shape index (κ3) is 5.32. The Morgan fingerprint density at radius 1 is 1.00 bits per heavy atom. The monoisotopic (exact) mass is 432 g/mol. The summed E-state index contributed by atoms with van der Waals surface area (Å²) in [4.78, 5) is 21.8. The Hall–Kier alpha value is -3.68. The Morgan fingerprint density at radius 3 is 2.25 bits per heavy atom. The molecule has 32 heavy (non-hydrogen) atoms. The molecule has 8 nitrogen and oxygen atoms in total. The lowest BCUT2D eigenvalue weighted by molar-refractivity contribution is -0.383. The lowest BCUT2D eigenvalue weighted by Gasteiger charge is -2.32. The summed E-state index contributed by atoms with van der Waals surface area (Å²) in [6, 6.07) is 20.5. The van der Waals surface area contributed by atoms with E-state index in [0.717, 1.165) is 25.7 Å². The highest BCUT2D eigenvalue weighted by Crippen LogP contribution is 2.34. The van der Waals surface area contributed by atoms with E-state index in [-0.39, 0.29) is 11.5 Å². The molecule has 0 spiro atoms. The number of nitrogen functional groups attached to an aromatic ring is 1. The second-order valence-electron chi connectivity index (χ2n) is 8.14. The predicted molar refractivity (Wildman–Crippen MR) is 127 cm³/mol. The summed E-state index contributed by atoms with van der Waals surface area (Å²) in [5.41, 5.74) is 8.29. The van der Waals surface area contributed by atoms with E-state index in [1.807, 2.05) is 29.2 Å². The molecule has 166 valence electrons. The van der Waals surface area contributed by atoms with Gasteiger partial charge in [0.15, 0.2) is 0 Å². The second kappa shape index (κ2) is 10.1. The molecule has 8 heteroatoms. The van der Waals surface area contributed by atoms with Gasteiger partial charge in [0.1, 0.15) is 0 Å². The molecule has 1 aliphatic heterocycles. The number of benzene rings is 2. The van der Waals surface area contributed by atoms with E-state index < -0.39 is 4.92 Å². The highest BCUT2D eigenvalue weighted by Gasteiger charge is 2.30. The molecule has 3 N–H and O–H groups in total. The smallest absolute Gasteiger partial charge is 0.353 e. The first-order chi connectivity index (χ1) is 15.6. The largest absolute Gasteiger partial charge is 0.378 e. The van der Waals surface area contributed by atoms with E-state index >= 15 is 0 Å². The Kier molecular flexibility index (Phi) is 6.79. The van der Waals surface area contributed by atoms with Crippen LogP contribution >= 0.6 is 0 Å². The van der Waals surface area contributed by atoms with Crippen molar-refractivity contribution in [3.63, 3.8) is 0 Å². The normalized spacial score (nSPS) is 14.3. The third-order valence-corrected chi connectivity index (χ3v) is 5.90. The zero-order valence-electron chi connectivity index (χ0n) is 18.0. The van der Waals surface area contributed by atoms with Crippen LogP contribution in [0, 0.1) is 16.0 Å². The molecule has 0 radical (unpaired) electrons. The van der Waals surface area contributed by atoms with Crippen molar-refractivity contribution in [3.8, 4) is 0 Å². The molecular formula is C24H28N6O2. The molecule has 1 aromatic heterocycles. The van der Waals surface area contributed by atoms with Crippen molar-refractivity contribution in [1.82, 2.24) is 9.97 Å². The molecule has 1 fully saturated rings. The van der Waals surface area contributed by atoms with Gasteiger partial charge in [0, 0.05) is 19.6 Å². The number of nitro groups is 1. The fourth-order valence-electron chi connectivity index (χ4n) is 4.19. The average Bonchev–Trinajstić information content (AvgIpc) is 2.80. The second-order valence-corrected chi connectivity index (χ2v) is 8.14. The van der Waals surface area contributed by atoms with Crippen LogP contribution in [-0.2, 0) is 12.8 Å². The van der Waals surface area contributed by atoms with Crippen LogP contribution in [0.1, 0.15) is 24.0 Å². The van der Waals surface area contributed by atoms with Crippen molar-refractivity contribution in [2.45, 2.75) is 25.7 Å². The number of rotatable bonds is 8. The molecule has 2 aromatic carbocycles. The van der Waals surface area contributed by atoms with E-state index in [9.17, 15) is 10.1 Å². The first-order valence-electron chi connectivity index (χ1n) is 11.0. The molecular weight excluding hydrogens is 404 g/mol. The number of nitrogens with two attached hydrogens (primary N) is 1. The van der Waals surface area contributed by atoms with E-state index in [1.54, 1.807) is 0 Å². The van der Waals surface area contributed by atoms with Crippen LogP contribution in [0.3, 0.4) is 0 Å². The Morgan fingerprint density at radius 2 is 1.62 bits per heavy atom. The number of aromatic nitrogens is 2. The van der Waals surface area contributed by atoms with Crippen LogP contribution in [0.2, 0.25) is 0 Å². The molecule has 1 aliphatic rings. The van der Waals surface area contributed by atoms with Crippen LogP contribution < -0.4 is 16.0 Å². The van der Waals surface area contributed by atoms with Gasteiger partial charge in [0.25, 0.3) is 0 Å². The number of hydrogen-bond donors (Lipinski definition) is 2. The summed E-state index contributed by atoms with van der Waals surface area (Å²) >= 11 is 0. The van der Waals surface area contributed by atoms with Crippen molar-refractivity contribution in [1.29, 1.82) is 0 Å². The summed E-state index contributed by atoms with van der Waals surface area (Å²) in [6.07, 6.45) is 3.72. The van der Waals surface area contributed by atoms with Gasteiger partial charge in [-0.1, -0.05) is 60.7 Å². The first-order valence-corrected chi connectivity index (χ1v) is 11.0. The molecule has 0 atom stereocenters. The van der Waals surface area contributed by atoms with Crippen molar-refractivity contribution in [2.75, 3.05) is 35.6 Å². The van der Waals surface area contributed by atoms with Crippen LogP contribution in [0.25, 0.3) is 0 Å². The summed E-state index contributed by atoms with van der Waals surface area (Å²) in [7, 11) is 0. The van der Waals surface area contributed by atoms with Gasteiger partial charge in [0.05, 0.1) is 4.92 Å². The highest BCUT2D eigenvalue weighted by atomic mass is 16.6. The summed E-state index contributed by atoms with van der Waals surface area (Å²) in [5.74, 6) is 1.08. The van der Waals surface area contributed by atoms with E-state index in [4.69, 9.17) is 5.73 Å². The van der Waals surface area contributed by atoms with E-state index in [2.05, 4.69) is 51.7 Å². The van der Waals surface area contributed by atoms with Crippen molar-refractivity contribution >= 4 is 23.3 Å². The van der Waals surface area contributed by atoms with Gasteiger partial charge in [-0.05, 0) is 42.7 Å². The van der Waals surface area contributed by atoms with Crippen LogP contribution in [0.15, 0.2) is 60.7 Å². The number of hydrogen-bond acceptors (Lipinski definition) is 7. The molecule has 0 aliphatic carbocycles. The van der Waals surface area contributed by atoms with Gasteiger partial charge < -0.3 is 16.0 Å². The van der Waals surface area contributed by atoms with Crippen molar-refractivity contribution in [3.05, 3.63) is 81.9 Å². The summed E-state index contributed by atoms with van der Waals surface area (Å²) < 4.78 is 0. The topological polar surface area (TPSA) is 110 Å². The zero-order valence-corrected chi connectivity index (χ0v) is 18.0. The maximum Gasteiger partial charge on any atom is 0.353 e. The zero-order chi connectivity index (χ0) is 22.3. The van der Waals surface area contributed by atoms with E-state index in [0.29, 0.717) is 37.3 Å². The van der Waals surface area contributed by atoms with Gasteiger partial charge in [-0.3, -0.25) is 10.1 Å². The molecule has 0 amide bonds. The van der Waals surface area contributed by atoms with Gasteiger partial charge in [-0.15, -0.1) is 0 Å². The molecule has 3 aromatic rings. The minimum atomic E-state index is -0.478. The highest BCUT2D eigenvalue weighted by molar-refractivity contribution is 5.71. The molecule has 2 heterocycles. The average molecular weight is 433 g/mol. The molecule has 4 rings (SSSR count). The number of nitrogens with zero attached hydrogens (tertiary/aromatic N) is 4. The summed E-state index contributed by atoms with van der Waals surface area (Å²) in [6.45, 7) is 2.02. The van der Waals surface area contributed by atoms with Crippen molar-refractivity contribution < 1.29 is 4.92 Å². The molecule has 0 bridgehead atoms. The summed E-state index contributed by atoms with van der Waals surface area (Å²) in [5, 5.41) is 14.9. The molecule has 1 saturated heterocycles. The fraction of sp³-hybridized carbons (Fsp3) is 0.333. The Balaban J connectivity index is 1.44. The minimum absolute atomic E-state index is 0.103. The van der Waals surface area contributed by atoms with Gasteiger partial charge >= 0.3 is 5.69 Å². The fourth-order valence-corrected chi connectivity index (χ4v) is 4.19. The lowest BCUT2D eigenvalue weighted by atomic mass is 9.90. The van der Waals surface area contributed by atoms with Crippen LogP contribution in [-0.4, -0.2) is 34.5 Å².